The van der Waals surface area contributed by atoms with Gasteiger partial charge in [0, 0.05) is 5.69 Å². The summed E-state index contributed by atoms with van der Waals surface area (Å²) in [6, 6.07) is 15.4. The number of anilines is 1. The first kappa shape index (κ1) is 17.6. The van der Waals surface area contributed by atoms with Crippen LogP contribution >= 0.6 is 0 Å². The second-order valence-electron chi connectivity index (χ2n) is 5.57. The molecule has 0 amide bonds. The van der Waals surface area contributed by atoms with Crippen molar-refractivity contribution in [3.8, 4) is 11.1 Å². The maximum absolute atomic E-state index is 14.5. The van der Waals surface area contributed by atoms with Crippen molar-refractivity contribution in [1.29, 1.82) is 0 Å². The van der Waals surface area contributed by atoms with Crippen molar-refractivity contribution in [2.24, 2.45) is 0 Å². The summed E-state index contributed by atoms with van der Waals surface area (Å²) in [6.45, 7) is 8.67. The highest BCUT2D eigenvalue weighted by Gasteiger charge is 2.20. The molecule has 26 heavy (non-hydrogen) atoms. The Balaban J connectivity index is 1.92. The number of nitrogens with zero attached hydrogens (tertiary/aromatic N) is 2. The van der Waals surface area contributed by atoms with Gasteiger partial charge < -0.3 is 0 Å². The van der Waals surface area contributed by atoms with E-state index in [-0.39, 0.29) is 5.82 Å². The van der Waals surface area contributed by atoms with Gasteiger partial charge in [-0.1, -0.05) is 36.4 Å². The van der Waals surface area contributed by atoms with Crippen LogP contribution in [0.5, 0.6) is 0 Å². The highest BCUT2D eigenvalue weighted by Crippen LogP contribution is 2.26. The molecular formula is C19H14FN3O2S. The number of hydrogen-bond acceptors (Lipinski definition) is 3. The number of aromatic nitrogens is 1. The highest BCUT2D eigenvalue weighted by molar-refractivity contribution is 7.92. The van der Waals surface area contributed by atoms with Crippen molar-refractivity contribution in [1.82, 2.24) is 4.98 Å². The van der Waals surface area contributed by atoms with Crippen LogP contribution in [0.3, 0.4) is 0 Å². The van der Waals surface area contributed by atoms with Crippen LogP contribution in [-0.4, -0.2) is 13.4 Å². The molecule has 3 aromatic rings. The molecule has 3 rings (SSSR count). The second kappa shape index (κ2) is 6.94. The van der Waals surface area contributed by atoms with Crippen molar-refractivity contribution < 1.29 is 12.8 Å². The van der Waals surface area contributed by atoms with Crippen LogP contribution in [0.1, 0.15) is 5.69 Å². The third-order valence-corrected chi connectivity index (χ3v) is 5.07. The number of halogens is 1. The fourth-order valence-corrected chi connectivity index (χ4v) is 3.48. The Labute approximate surface area is 151 Å². The Hall–Kier alpha value is -3.24. The Morgan fingerprint density at radius 1 is 1.04 bits per heavy atom. The fraction of sp³-hybridized carbons (Fsp3) is 0.0526. The summed E-state index contributed by atoms with van der Waals surface area (Å²) in [5.41, 5.74) is 2.33. The van der Waals surface area contributed by atoms with Crippen LogP contribution in [0, 0.1) is 19.3 Å². The van der Waals surface area contributed by atoms with Gasteiger partial charge in [-0.3, -0.25) is 4.72 Å². The number of rotatable bonds is 4. The van der Waals surface area contributed by atoms with E-state index in [1.54, 1.807) is 43.3 Å². The average Bonchev–Trinajstić information content (AvgIpc) is 2.61. The topological polar surface area (TPSA) is 63.4 Å². The summed E-state index contributed by atoms with van der Waals surface area (Å²) in [5.74, 6) is -0.736. The number of benzene rings is 2. The minimum absolute atomic E-state index is 0.128. The third kappa shape index (κ3) is 3.71. The van der Waals surface area contributed by atoms with E-state index in [0.29, 0.717) is 22.5 Å². The Bertz CT molecular complexity index is 1100. The lowest BCUT2D eigenvalue weighted by atomic mass is 10.1. The molecule has 1 aromatic heterocycles. The van der Waals surface area contributed by atoms with Crippen LogP contribution < -0.4 is 4.72 Å². The van der Waals surface area contributed by atoms with Gasteiger partial charge in [-0.15, -0.1) is 0 Å². The lowest BCUT2D eigenvalue weighted by Crippen LogP contribution is -2.15. The van der Waals surface area contributed by atoms with E-state index < -0.39 is 20.7 Å². The minimum atomic E-state index is -4.10. The van der Waals surface area contributed by atoms with Crippen LogP contribution in [0.15, 0.2) is 65.6 Å². The van der Waals surface area contributed by atoms with E-state index in [4.69, 9.17) is 6.57 Å². The number of sulfonamides is 1. The van der Waals surface area contributed by atoms with Gasteiger partial charge in [-0.2, -0.15) is 0 Å². The standard InChI is InChI=1S/C19H14FN3O2S/c1-13-4-3-5-19(22-13)23-26(24,25)18-11-8-15(12-17(18)20)14-6-9-16(21-2)10-7-14/h3-12H,1H3,(H,22,23). The predicted molar refractivity (Wildman–Crippen MR) is 97.9 cm³/mol. The van der Waals surface area contributed by atoms with E-state index in [1.165, 1.54) is 18.2 Å². The maximum Gasteiger partial charge on any atom is 0.265 e. The Morgan fingerprint density at radius 2 is 1.73 bits per heavy atom. The van der Waals surface area contributed by atoms with E-state index in [9.17, 15) is 12.8 Å². The van der Waals surface area contributed by atoms with Gasteiger partial charge >= 0.3 is 0 Å². The van der Waals surface area contributed by atoms with Gasteiger partial charge in [0.2, 0.25) is 0 Å². The molecule has 0 unspecified atom stereocenters. The maximum atomic E-state index is 14.5. The zero-order valence-electron chi connectivity index (χ0n) is 13.8. The van der Waals surface area contributed by atoms with E-state index in [0.717, 1.165) is 6.07 Å². The molecule has 2 aromatic carbocycles. The first-order chi connectivity index (χ1) is 12.4. The third-order valence-electron chi connectivity index (χ3n) is 3.68. The number of aryl methyl sites for hydroxylation is 1. The zero-order chi connectivity index (χ0) is 18.7. The van der Waals surface area contributed by atoms with Crippen molar-refractivity contribution in [2.45, 2.75) is 11.8 Å². The number of pyridine rings is 1. The van der Waals surface area contributed by atoms with Crippen molar-refractivity contribution in [3.63, 3.8) is 0 Å². The molecule has 0 saturated heterocycles. The summed E-state index contributed by atoms with van der Waals surface area (Å²) >= 11 is 0. The molecule has 0 bridgehead atoms. The molecule has 1 heterocycles. The lowest BCUT2D eigenvalue weighted by molar-refractivity contribution is 0.570. The van der Waals surface area contributed by atoms with E-state index >= 15 is 0 Å². The fourth-order valence-electron chi connectivity index (χ4n) is 2.42. The van der Waals surface area contributed by atoms with Gasteiger partial charge in [0.15, 0.2) is 5.69 Å². The molecular weight excluding hydrogens is 353 g/mol. The van der Waals surface area contributed by atoms with E-state index in [1.807, 2.05) is 0 Å². The lowest BCUT2D eigenvalue weighted by Gasteiger charge is -2.10. The summed E-state index contributed by atoms with van der Waals surface area (Å²) in [4.78, 5) is 6.90. The minimum Gasteiger partial charge on any atom is -0.263 e. The summed E-state index contributed by atoms with van der Waals surface area (Å²) in [7, 11) is -4.10. The van der Waals surface area contributed by atoms with Gasteiger partial charge in [-0.05, 0) is 42.3 Å². The van der Waals surface area contributed by atoms with Gasteiger partial charge in [-0.25, -0.2) is 22.6 Å². The molecule has 7 heteroatoms. The van der Waals surface area contributed by atoms with E-state index in [2.05, 4.69) is 14.6 Å². The molecule has 0 spiro atoms. The highest BCUT2D eigenvalue weighted by atomic mass is 32.2. The predicted octanol–water partition coefficient (Wildman–Crippen LogP) is 4.55. The Kier molecular flexibility index (Phi) is 4.69. The number of hydrogen-bond donors (Lipinski definition) is 1. The molecule has 5 nitrogen and oxygen atoms in total. The normalized spacial score (nSPS) is 11.0. The quantitative estimate of drug-likeness (QED) is 0.688. The Morgan fingerprint density at radius 3 is 2.35 bits per heavy atom. The van der Waals surface area contributed by atoms with Gasteiger partial charge in [0.05, 0.1) is 6.57 Å². The molecule has 0 aliphatic heterocycles. The summed E-state index contributed by atoms with van der Waals surface area (Å²) in [5, 5.41) is 0. The smallest absolute Gasteiger partial charge is 0.263 e. The van der Waals surface area contributed by atoms with Gasteiger partial charge in [0.25, 0.3) is 10.0 Å². The van der Waals surface area contributed by atoms with Crippen LogP contribution in [0.4, 0.5) is 15.9 Å². The summed E-state index contributed by atoms with van der Waals surface area (Å²) < 4.78 is 41.6. The van der Waals surface area contributed by atoms with Crippen molar-refractivity contribution >= 4 is 21.5 Å². The SMILES string of the molecule is [C-]#[N+]c1ccc(-c2ccc(S(=O)(=O)Nc3cccc(C)n3)c(F)c2)cc1. The molecule has 0 aliphatic rings. The van der Waals surface area contributed by atoms with Gasteiger partial charge in [0.1, 0.15) is 16.5 Å². The van der Waals surface area contributed by atoms with Crippen LogP contribution in [-0.2, 0) is 10.0 Å². The first-order valence-corrected chi connectivity index (χ1v) is 9.11. The van der Waals surface area contributed by atoms with Crippen molar-refractivity contribution in [3.05, 3.63) is 83.6 Å². The molecule has 130 valence electrons. The molecule has 0 radical (unpaired) electrons. The van der Waals surface area contributed by atoms with Crippen LogP contribution in [0.25, 0.3) is 16.0 Å². The largest absolute Gasteiger partial charge is 0.265 e. The molecule has 0 fully saturated rings. The average molecular weight is 367 g/mol. The monoisotopic (exact) mass is 367 g/mol. The first-order valence-electron chi connectivity index (χ1n) is 7.63. The molecule has 0 aliphatic carbocycles. The summed E-state index contributed by atoms with van der Waals surface area (Å²) in [6.07, 6.45) is 0. The second-order valence-corrected chi connectivity index (χ2v) is 7.22. The molecule has 1 N–H and O–H groups in total. The van der Waals surface area contributed by atoms with Crippen LogP contribution in [0.2, 0.25) is 0 Å². The number of nitrogens with one attached hydrogen (secondary N) is 1. The zero-order valence-corrected chi connectivity index (χ0v) is 14.6. The molecule has 0 atom stereocenters. The molecule has 0 saturated carbocycles. The van der Waals surface area contributed by atoms with Crippen molar-refractivity contribution in [2.75, 3.05) is 4.72 Å².